The molecule has 18 heavy (non-hydrogen) atoms. The van der Waals surface area contributed by atoms with Crippen LogP contribution in [0.3, 0.4) is 0 Å². The summed E-state index contributed by atoms with van der Waals surface area (Å²) in [6.45, 7) is 3.18. The van der Waals surface area contributed by atoms with Crippen LogP contribution in [-0.2, 0) is 6.18 Å². The van der Waals surface area contributed by atoms with Gasteiger partial charge in [0.15, 0.2) is 5.75 Å². The van der Waals surface area contributed by atoms with Gasteiger partial charge in [-0.1, -0.05) is 6.07 Å². The summed E-state index contributed by atoms with van der Waals surface area (Å²) in [6, 6.07) is 4.81. The molecule has 0 aliphatic rings. The monoisotopic (exact) mass is 256 g/mol. The average Bonchev–Trinajstić information content (AvgIpc) is 2.56. The quantitative estimate of drug-likeness (QED) is 0.850. The summed E-state index contributed by atoms with van der Waals surface area (Å²) in [5, 5.41) is 13.6. The number of alkyl halides is 3. The maximum atomic E-state index is 12.6. The third-order valence-corrected chi connectivity index (χ3v) is 2.67. The van der Waals surface area contributed by atoms with E-state index in [1.54, 1.807) is 13.8 Å². The van der Waals surface area contributed by atoms with Gasteiger partial charge < -0.3 is 5.11 Å². The van der Waals surface area contributed by atoms with Crippen molar-refractivity contribution in [1.29, 1.82) is 0 Å². The van der Waals surface area contributed by atoms with Gasteiger partial charge in [0, 0.05) is 0 Å². The van der Waals surface area contributed by atoms with Crippen LogP contribution < -0.4 is 0 Å². The van der Waals surface area contributed by atoms with Gasteiger partial charge in [-0.05, 0) is 32.0 Å². The normalized spacial score (nSPS) is 11.8. The minimum Gasteiger partial charge on any atom is -0.504 e. The lowest BCUT2D eigenvalue weighted by Gasteiger charge is -2.09. The van der Waals surface area contributed by atoms with Gasteiger partial charge in [0.1, 0.15) is 5.69 Å². The highest BCUT2D eigenvalue weighted by atomic mass is 19.4. The Hall–Kier alpha value is -1.98. The fraction of sp³-hybridized carbons (Fsp3) is 0.250. The van der Waals surface area contributed by atoms with E-state index in [1.165, 1.54) is 16.8 Å². The van der Waals surface area contributed by atoms with Crippen molar-refractivity contribution in [2.45, 2.75) is 20.0 Å². The Kier molecular flexibility index (Phi) is 2.80. The standard InChI is InChI=1S/C12H11F3N2O/c1-7-11(18)8(2)17(16-7)10-5-3-4-9(6-10)12(13,14)15/h3-6,18H,1-2H3. The molecule has 0 unspecified atom stereocenters. The zero-order valence-electron chi connectivity index (χ0n) is 9.78. The fourth-order valence-corrected chi connectivity index (χ4v) is 1.70. The maximum absolute atomic E-state index is 12.6. The first-order valence-electron chi connectivity index (χ1n) is 5.23. The van der Waals surface area contributed by atoms with Crippen molar-refractivity contribution in [3.8, 4) is 11.4 Å². The molecule has 2 aromatic rings. The summed E-state index contributed by atoms with van der Waals surface area (Å²) >= 11 is 0. The van der Waals surface area contributed by atoms with E-state index in [1.807, 2.05) is 0 Å². The molecule has 6 heteroatoms. The van der Waals surface area contributed by atoms with Crippen LogP contribution in [0.1, 0.15) is 17.0 Å². The Morgan fingerprint density at radius 3 is 2.39 bits per heavy atom. The van der Waals surface area contributed by atoms with Gasteiger partial charge >= 0.3 is 6.18 Å². The second kappa shape index (κ2) is 4.04. The largest absolute Gasteiger partial charge is 0.504 e. The molecule has 1 N–H and O–H groups in total. The van der Waals surface area contributed by atoms with E-state index < -0.39 is 11.7 Å². The van der Waals surface area contributed by atoms with E-state index >= 15 is 0 Å². The Labute approximate surface area is 101 Å². The van der Waals surface area contributed by atoms with E-state index in [-0.39, 0.29) is 11.4 Å². The van der Waals surface area contributed by atoms with Crippen LogP contribution >= 0.6 is 0 Å². The highest BCUT2D eigenvalue weighted by Gasteiger charge is 2.30. The second-order valence-corrected chi connectivity index (χ2v) is 3.98. The van der Waals surface area contributed by atoms with Crippen LogP contribution in [0, 0.1) is 13.8 Å². The summed E-state index contributed by atoms with van der Waals surface area (Å²) in [5.41, 5.74) is 0.314. The molecule has 1 aromatic carbocycles. The molecule has 0 aliphatic heterocycles. The maximum Gasteiger partial charge on any atom is 0.416 e. The summed E-state index contributed by atoms with van der Waals surface area (Å²) < 4.78 is 39.1. The number of halogens is 3. The van der Waals surface area contributed by atoms with Crippen molar-refractivity contribution >= 4 is 0 Å². The zero-order valence-corrected chi connectivity index (χ0v) is 9.78. The zero-order chi connectivity index (χ0) is 13.5. The SMILES string of the molecule is Cc1nn(-c2cccc(C(F)(F)F)c2)c(C)c1O. The van der Waals surface area contributed by atoms with Gasteiger partial charge in [-0.25, -0.2) is 4.68 Å². The predicted molar refractivity (Wildman–Crippen MR) is 59.7 cm³/mol. The number of aromatic hydroxyl groups is 1. The van der Waals surface area contributed by atoms with E-state index in [0.29, 0.717) is 11.4 Å². The number of aryl methyl sites for hydroxylation is 1. The molecule has 96 valence electrons. The fourth-order valence-electron chi connectivity index (χ4n) is 1.70. The number of aromatic nitrogens is 2. The number of rotatable bonds is 1. The first-order chi connectivity index (χ1) is 8.30. The summed E-state index contributed by atoms with van der Waals surface area (Å²) in [4.78, 5) is 0. The first-order valence-corrected chi connectivity index (χ1v) is 5.23. The summed E-state index contributed by atoms with van der Waals surface area (Å²) in [7, 11) is 0. The lowest BCUT2D eigenvalue weighted by Crippen LogP contribution is -2.07. The van der Waals surface area contributed by atoms with Crippen molar-refractivity contribution in [3.05, 3.63) is 41.2 Å². The van der Waals surface area contributed by atoms with Crippen molar-refractivity contribution in [3.63, 3.8) is 0 Å². The Bertz CT molecular complexity index is 587. The lowest BCUT2D eigenvalue weighted by atomic mass is 10.2. The minimum atomic E-state index is -4.39. The van der Waals surface area contributed by atoms with Gasteiger partial charge in [0.05, 0.1) is 16.9 Å². The molecule has 0 spiro atoms. The minimum absolute atomic E-state index is 0.00703. The topological polar surface area (TPSA) is 38.0 Å². The molecule has 1 aromatic heterocycles. The average molecular weight is 256 g/mol. The molecular weight excluding hydrogens is 245 g/mol. The lowest BCUT2D eigenvalue weighted by molar-refractivity contribution is -0.137. The van der Waals surface area contributed by atoms with E-state index in [9.17, 15) is 18.3 Å². The van der Waals surface area contributed by atoms with Gasteiger partial charge in [-0.15, -0.1) is 0 Å². The van der Waals surface area contributed by atoms with Crippen molar-refractivity contribution < 1.29 is 18.3 Å². The molecule has 0 atom stereocenters. The van der Waals surface area contributed by atoms with E-state index in [4.69, 9.17) is 0 Å². The Balaban J connectivity index is 2.55. The summed E-state index contributed by atoms with van der Waals surface area (Å²) in [5.74, 6) is -0.00703. The van der Waals surface area contributed by atoms with E-state index in [0.717, 1.165) is 12.1 Å². The van der Waals surface area contributed by atoms with Crippen LogP contribution in [0.2, 0.25) is 0 Å². The predicted octanol–water partition coefficient (Wildman–Crippen LogP) is 3.21. The number of hydrogen-bond acceptors (Lipinski definition) is 2. The second-order valence-electron chi connectivity index (χ2n) is 3.98. The van der Waals surface area contributed by atoms with Gasteiger partial charge in [0.25, 0.3) is 0 Å². The highest BCUT2D eigenvalue weighted by molar-refractivity contribution is 5.42. The Morgan fingerprint density at radius 1 is 1.22 bits per heavy atom. The molecule has 3 nitrogen and oxygen atoms in total. The molecule has 0 radical (unpaired) electrons. The van der Waals surface area contributed by atoms with Crippen molar-refractivity contribution in [1.82, 2.24) is 9.78 Å². The smallest absolute Gasteiger partial charge is 0.416 e. The molecule has 0 fully saturated rings. The molecule has 0 aliphatic carbocycles. The molecule has 0 saturated carbocycles. The van der Waals surface area contributed by atoms with Crippen LogP contribution in [0.15, 0.2) is 24.3 Å². The van der Waals surface area contributed by atoms with Gasteiger partial charge in [0.2, 0.25) is 0 Å². The molecule has 1 heterocycles. The number of nitrogens with zero attached hydrogens (tertiary/aromatic N) is 2. The third kappa shape index (κ3) is 2.05. The molecular formula is C12H11F3N2O. The van der Waals surface area contributed by atoms with Crippen LogP contribution in [-0.4, -0.2) is 14.9 Å². The Morgan fingerprint density at radius 2 is 1.89 bits per heavy atom. The highest BCUT2D eigenvalue weighted by Crippen LogP contribution is 2.31. The molecule has 0 saturated heterocycles. The summed E-state index contributed by atoms with van der Waals surface area (Å²) in [6.07, 6.45) is -4.39. The third-order valence-electron chi connectivity index (χ3n) is 2.67. The molecule has 0 amide bonds. The van der Waals surface area contributed by atoms with Crippen molar-refractivity contribution in [2.75, 3.05) is 0 Å². The van der Waals surface area contributed by atoms with Crippen LogP contribution in [0.25, 0.3) is 5.69 Å². The number of benzene rings is 1. The molecule has 2 rings (SSSR count). The number of hydrogen-bond donors (Lipinski definition) is 1. The van der Waals surface area contributed by atoms with Gasteiger partial charge in [-0.3, -0.25) is 0 Å². The first kappa shape index (κ1) is 12.5. The van der Waals surface area contributed by atoms with Gasteiger partial charge in [-0.2, -0.15) is 18.3 Å². The van der Waals surface area contributed by atoms with Crippen LogP contribution in [0.4, 0.5) is 13.2 Å². The van der Waals surface area contributed by atoms with Crippen molar-refractivity contribution in [2.24, 2.45) is 0 Å². The van der Waals surface area contributed by atoms with E-state index in [2.05, 4.69) is 5.10 Å². The molecule has 0 bridgehead atoms. The van der Waals surface area contributed by atoms with Crippen LogP contribution in [0.5, 0.6) is 5.75 Å².